The molecule has 3 N–H and O–H groups in total. The predicted molar refractivity (Wildman–Crippen MR) is 109 cm³/mol. The quantitative estimate of drug-likeness (QED) is 0.659. The first-order chi connectivity index (χ1) is 13.2. The zero-order chi connectivity index (χ0) is 20.3. The van der Waals surface area contributed by atoms with E-state index in [2.05, 4.69) is 20.8 Å². The van der Waals surface area contributed by atoms with E-state index in [0.717, 1.165) is 25.7 Å². The second-order valence-corrected chi connectivity index (χ2v) is 11.3. The van der Waals surface area contributed by atoms with Crippen molar-refractivity contribution in [3.63, 3.8) is 0 Å². The predicted octanol–water partition coefficient (Wildman–Crippen LogP) is 4.48. The maximum Gasteiger partial charge on any atom is 0.303 e. The van der Waals surface area contributed by atoms with E-state index >= 15 is 0 Å². The van der Waals surface area contributed by atoms with Gasteiger partial charge in [-0.05, 0) is 91.3 Å². The highest BCUT2D eigenvalue weighted by Crippen LogP contribution is 2.68. The molecule has 4 nitrogen and oxygen atoms in total. The van der Waals surface area contributed by atoms with E-state index in [1.807, 2.05) is 0 Å². The van der Waals surface area contributed by atoms with Gasteiger partial charge in [-0.1, -0.05) is 33.6 Å². The second kappa shape index (κ2) is 7.27. The summed E-state index contributed by atoms with van der Waals surface area (Å²) in [6.45, 7) is 6.89. The number of aliphatic hydroxyl groups is 2. The molecule has 28 heavy (non-hydrogen) atoms. The lowest BCUT2D eigenvalue weighted by molar-refractivity contribution is -0.201. The summed E-state index contributed by atoms with van der Waals surface area (Å²) in [6, 6.07) is 0. The van der Waals surface area contributed by atoms with Crippen LogP contribution in [-0.4, -0.2) is 33.5 Å². The zero-order valence-corrected chi connectivity index (χ0v) is 17.9. The fraction of sp³-hybridized carbons (Fsp3) is 0.958. The average Bonchev–Trinajstić information content (AvgIpc) is 3.00. The summed E-state index contributed by atoms with van der Waals surface area (Å²) in [7, 11) is 0. The summed E-state index contributed by atoms with van der Waals surface area (Å²) in [6.07, 6.45) is 9.32. The number of carbonyl (C=O) groups is 1. The van der Waals surface area contributed by atoms with E-state index in [0.29, 0.717) is 41.9 Å². The topological polar surface area (TPSA) is 77.8 Å². The van der Waals surface area contributed by atoms with E-state index in [4.69, 9.17) is 5.11 Å². The first-order valence-corrected chi connectivity index (χ1v) is 11.8. The van der Waals surface area contributed by atoms with Crippen molar-refractivity contribution < 1.29 is 20.1 Å². The average molecular weight is 393 g/mol. The largest absolute Gasteiger partial charge is 0.481 e. The summed E-state index contributed by atoms with van der Waals surface area (Å²) in [5.41, 5.74) is 0.0927. The number of aliphatic carboxylic acids is 1. The lowest BCUT2D eigenvalue weighted by Crippen LogP contribution is -2.61. The number of rotatable bonds is 4. The Morgan fingerprint density at radius 3 is 2.54 bits per heavy atom. The van der Waals surface area contributed by atoms with E-state index in [1.54, 1.807) is 0 Å². The smallest absolute Gasteiger partial charge is 0.303 e. The fourth-order valence-corrected chi connectivity index (χ4v) is 8.74. The number of carboxylic acids is 1. The van der Waals surface area contributed by atoms with Crippen LogP contribution in [0.4, 0.5) is 0 Å². The Bertz CT molecular complexity index is 605. The Hall–Kier alpha value is -0.610. The summed E-state index contributed by atoms with van der Waals surface area (Å²) in [5, 5.41) is 31.8. The third-order valence-corrected chi connectivity index (χ3v) is 10.3. The minimum absolute atomic E-state index is 0.183. The molecule has 0 amide bonds. The van der Waals surface area contributed by atoms with Crippen molar-refractivity contribution in [3.8, 4) is 0 Å². The van der Waals surface area contributed by atoms with Crippen LogP contribution in [-0.2, 0) is 4.79 Å². The fourth-order valence-electron chi connectivity index (χ4n) is 8.74. The molecule has 0 aromatic carbocycles. The van der Waals surface area contributed by atoms with Crippen molar-refractivity contribution >= 4 is 5.97 Å². The van der Waals surface area contributed by atoms with Gasteiger partial charge in [-0.15, -0.1) is 0 Å². The van der Waals surface area contributed by atoms with Gasteiger partial charge in [0.2, 0.25) is 0 Å². The summed E-state index contributed by atoms with van der Waals surface area (Å²) in [4.78, 5) is 11.1. The molecule has 0 heterocycles. The first-order valence-electron chi connectivity index (χ1n) is 11.8. The molecule has 4 aliphatic carbocycles. The van der Waals surface area contributed by atoms with Gasteiger partial charge in [0.05, 0.1) is 12.2 Å². The minimum Gasteiger partial charge on any atom is -0.481 e. The normalized spacial score (nSPS) is 51.7. The van der Waals surface area contributed by atoms with E-state index in [1.165, 1.54) is 25.7 Å². The molecule has 10 atom stereocenters. The van der Waals surface area contributed by atoms with Crippen molar-refractivity contribution in [2.45, 2.75) is 97.2 Å². The molecule has 0 bridgehead atoms. The SMILES string of the molecule is C[C@H](CCC(=O)O)[C@H]1CCC2C3C(O)C[C@@H]4CCCC[C@]4(C)C3C[C@H](O)[C@@]21C. The molecule has 0 aromatic heterocycles. The number of hydrogen-bond donors (Lipinski definition) is 3. The van der Waals surface area contributed by atoms with Crippen molar-refractivity contribution in [2.75, 3.05) is 0 Å². The van der Waals surface area contributed by atoms with Gasteiger partial charge in [0.25, 0.3) is 0 Å². The molecular formula is C24H40O4. The molecule has 4 fully saturated rings. The summed E-state index contributed by atoms with van der Waals surface area (Å²) < 4.78 is 0. The van der Waals surface area contributed by atoms with Crippen LogP contribution >= 0.6 is 0 Å². The first kappa shape index (κ1) is 20.7. The molecule has 0 radical (unpaired) electrons. The second-order valence-electron chi connectivity index (χ2n) is 11.3. The van der Waals surface area contributed by atoms with Crippen LogP contribution < -0.4 is 0 Å². The zero-order valence-electron chi connectivity index (χ0n) is 17.9. The Morgan fingerprint density at radius 2 is 1.82 bits per heavy atom. The van der Waals surface area contributed by atoms with Crippen molar-refractivity contribution in [1.29, 1.82) is 0 Å². The van der Waals surface area contributed by atoms with Gasteiger partial charge < -0.3 is 15.3 Å². The molecule has 0 spiro atoms. The van der Waals surface area contributed by atoms with E-state index in [-0.39, 0.29) is 29.5 Å². The summed E-state index contributed by atoms with van der Waals surface area (Å²) in [5.74, 6) is 1.66. The van der Waals surface area contributed by atoms with Gasteiger partial charge in [-0.2, -0.15) is 0 Å². The number of fused-ring (bicyclic) bond motifs is 5. The maximum absolute atomic E-state index is 11.5. The van der Waals surface area contributed by atoms with Gasteiger partial charge in [0, 0.05) is 6.42 Å². The number of carboxylic acid groups (broad SMARTS) is 1. The van der Waals surface area contributed by atoms with Crippen molar-refractivity contribution in [1.82, 2.24) is 0 Å². The van der Waals surface area contributed by atoms with Crippen LogP contribution in [0.3, 0.4) is 0 Å². The lowest BCUT2D eigenvalue weighted by Gasteiger charge is -2.63. The highest BCUT2D eigenvalue weighted by molar-refractivity contribution is 5.66. The highest BCUT2D eigenvalue weighted by Gasteiger charge is 2.65. The molecule has 4 aliphatic rings. The molecule has 4 rings (SSSR count). The number of hydrogen-bond acceptors (Lipinski definition) is 3. The molecule has 0 aromatic rings. The third kappa shape index (κ3) is 2.96. The van der Waals surface area contributed by atoms with Crippen LogP contribution in [0.5, 0.6) is 0 Å². The third-order valence-electron chi connectivity index (χ3n) is 10.3. The van der Waals surface area contributed by atoms with Crippen LogP contribution in [0.15, 0.2) is 0 Å². The van der Waals surface area contributed by atoms with Crippen LogP contribution in [0.1, 0.15) is 85.0 Å². The van der Waals surface area contributed by atoms with Gasteiger partial charge in [0.15, 0.2) is 0 Å². The van der Waals surface area contributed by atoms with Crippen LogP contribution in [0, 0.1) is 46.3 Å². The van der Waals surface area contributed by atoms with Gasteiger partial charge in [0.1, 0.15) is 0 Å². The van der Waals surface area contributed by atoms with Crippen LogP contribution in [0.2, 0.25) is 0 Å². The Labute approximate surface area is 170 Å². The molecular weight excluding hydrogens is 352 g/mol. The van der Waals surface area contributed by atoms with Crippen molar-refractivity contribution in [2.24, 2.45) is 46.3 Å². The lowest BCUT2D eigenvalue weighted by atomic mass is 9.43. The molecule has 4 unspecified atom stereocenters. The van der Waals surface area contributed by atoms with Gasteiger partial charge in [-0.3, -0.25) is 4.79 Å². The van der Waals surface area contributed by atoms with Crippen LogP contribution in [0.25, 0.3) is 0 Å². The molecule has 4 saturated carbocycles. The molecule has 0 saturated heterocycles. The Morgan fingerprint density at radius 1 is 1.07 bits per heavy atom. The number of aliphatic hydroxyl groups excluding tert-OH is 2. The summed E-state index contributed by atoms with van der Waals surface area (Å²) >= 11 is 0. The molecule has 4 heteroatoms. The minimum atomic E-state index is -0.727. The highest BCUT2D eigenvalue weighted by atomic mass is 16.4. The molecule has 160 valence electrons. The Kier molecular flexibility index (Phi) is 5.36. The monoisotopic (exact) mass is 392 g/mol. The Balaban J connectivity index is 1.61. The van der Waals surface area contributed by atoms with Crippen molar-refractivity contribution in [3.05, 3.63) is 0 Å². The van der Waals surface area contributed by atoms with E-state index < -0.39 is 5.97 Å². The molecule has 0 aliphatic heterocycles. The van der Waals surface area contributed by atoms with Gasteiger partial charge in [-0.25, -0.2) is 0 Å². The van der Waals surface area contributed by atoms with Gasteiger partial charge >= 0.3 is 5.97 Å². The maximum atomic E-state index is 11.5. The van der Waals surface area contributed by atoms with E-state index in [9.17, 15) is 15.0 Å². The standard InChI is InChI=1S/C24H40O4/c1-14(7-10-21(27)28)16-8-9-17-22-18(13-20(26)24(16,17)3)23(2)11-5-4-6-15(23)12-19(22)25/h14-20,22,25-26H,4-13H2,1-3H3,(H,27,28)/t14-,15+,16-,17?,18?,19?,20+,22?,23+,24-/m1/s1.